The van der Waals surface area contributed by atoms with E-state index in [4.69, 9.17) is 19.3 Å². The quantitative estimate of drug-likeness (QED) is 0.170. The number of ether oxygens (including phenoxy) is 3. The predicted molar refractivity (Wildman–Crippen MR) is 220 cm³/mol. The van der Waals surface area contributed by atoms with E-state index in [1.54, 1.807) is 30.3 Å². The number of halogens is 12. The molecule has 0 aliphatic rings. The van der Waals surface area contributed by atoms with Crippen molar-refractivity contribution in [3.63, 3.8) is 0 Å². The minimum absolute atomic E-state index is 0.0353. The molecule has 0 radical (unpaired) electrons. The summed E-state index contributed by atoms with van der Waals surface area (Å²) in [7, 11) is 0. The molecule has 5 rings (SSSR count). The summed E-state index contributed by atoms with van der Waals surface area (Å²) in [6, 6.07) is 14.2. The fourth-order valence-electron chi connectivity index (χ4n) is 3.10. The number of phenolic OH excluding ortho intramolecular Hbond substituents is 1. The fraction of sp³-hybridized carbons (Fsp3) is 0. The van der Waals surface area contributed by atoms with Gasteiger partial charge in [0.15, 0.2) is 0 Å². The zero-order chi connectivity index (χ0) is 33.9. The van der Waals surface area contributed by atoms with Crippen LogP contribution in [0.15, 0.2) is 102 Å². The molecule has 1 heterocycles. The first kappa shape index (κ1) is 39.6. The third-order valence-corrected chi connectivity index (χ3v) is 18.7. The first-order chi connectivity index (χ1) is 21.7. The van der Waals surface area contributed by atoms with E-state index in [1.165, 1.54) is 0 Å². The summed E-state index contributed by atoms with van der Waals surface area (Å²) in [5.41, 5.74) is 0. The highest BCUT2D eigenvalue weighted by molar-refractivity contribution is 9.15. The lowest BCUT2D eigenvalue weighted by atomic mass is 10.3. The van der Waals surface area contributed by atoms with Crippen LogP contribution in [0.1, 0.15) is 0 Å². The molecule has 0 atom stereocenters. The van der Waals surface area contributed by atoms with E-state index in [2.05, 4.69) is 207 Å². The van der Waals surface area contributed by atoms with Gasteiger partial charge in [0, 0.05) is 35.8 Å². The average Bonchev–Trinajstić information content (AvgIpc) is 3.04. The standard InChI is InChI=1S/C21H6Br9N3O3.C6H3Br3O/c22-7-1-4-10(16(28)13(7)25)34-19-20(35-11-5-2-8(23)14(26)17(11)29)31-33-32-21(19)36-12-6-3-9(24)15(27)18(12)30;7-3-1-2-4(10)6(9)5(3)8/h1-6H;1-2,10H. The number of aromatic hydroxyl groups is 1. The van der Waals surface area contributed by atoms with E-state index in [0.717, 1.165) is 35.8 Å². The van der Waals surface area contributed by atoms with E-state index in [9.17, 15) is 0 Å². The van der Waals surface area contributed by atoms with Crippen LogP contribution < -0.4 is 14.2 Å². The molecule has 7 nitrogen and oxygen atoms in total. The third kappa shape index (κ3) is 9.59. The summed E-state index contributed by atoms with van der Waals surface area (Å²) in [5.74, 6) is 1.80. The normalized spacial score (nSPS) is 10.7. The lowest BCUT2D eigenvalue weighted by Crippen LogP contribution is -2.02. The van der Waals surface area contributed by atoms with Gasteiger partial charge in [0.2, 0.25) is 0 Å². The zero-order valence-corrected chi connectivity index (χ0v) is 40.7. The second-order valence-corrected chi connectivity index (χ2v) is 18.0. The molecule has 0 saturated heterocycles. The van der Waals surface area contributed by atoms with Crippen molar-refractivity contribution in [2.75, 3.05) is 0 Å². The van der Waals surface area contributed by atoms with Gasteiger partial charge in [-0.1, -0.05) is 10.2 Å². The van der Waals surface area contributed by atoms with Gasteiger partial charge < -0.3 is 19.3 Å². The Hall–Kier alpha value is 0.850. The van der Waals surface area contributed by atoms with Gasteiger partial charge in [-0.2, -0.15) is 0 Å². The Bertz CT molecular complexity index is 1840. The minimum atomic E-state index is 0.0353. The van der Waals surface area contributed by atoms with Gasteiger partial charge in [0.25, 0.3) is 17.5 Å². The second kappa shape index (κ2) is 17.9. The molecule has 19 heteroatoms. The highest BCUT2D eigenvalue weighted by Gasteiger charge is 2.24. The summed E-state index contributed by atoms with van der Waals surface area (Å²) >= 11 is 41.4. The molecule has 0 bridgehead atoms. The lowest BCUT2D eigenvalue weighted by molar-refractivity contribution is 0.351. The molecule has 240 valence electrons. The van der Waals surface area contributed by atoms with Crippen LogP contribution in [0, 0.1) is 0 Å². The summed E-state index contributed by atoms with van der Waals surface area (Å²) < 4.78 is 27.7. The summed E-state index contributed by atoms with van der Waals surface area (Å²) in [6.45, 7) is 0. The first-order valence-electron chi connectivity index (χ1n) is 11.7. The Morgan fingerprint density at radius 3 is 1.09 bits per heavy atom. The molecular weight excluding hydrogens is 1390 g/mol. The van der Waals surface area contributed by atoms with Crippen molar-refractivity contribution in [1.82, 2.24) is 15.4 Å². The third-order valence-electron chi connectivity index (χ3n) is 5.30. The van der Waals surface area contributed by atoms with E-state index >= 15 is 0 Å². The van der Waals surface area contributed by atoms with Gasteiger partial charge >= 0.3 is 0 Å². The number of nitrogens with zero attached hydrogens (tertiary/aromatic N) is 3. The van der Waals surface area contributed by atoms with Crippen LogP contribution in [0.25, 0.3) is 0 Å². The van der Waals surface area contributed by atoms with Crippen molar-refractivity contribution in [3.8, 4) is 40.5 Å². The largest absolute Gasteiger partial charge is 0.507 e. The number of benzene rings is 4. The van der Waals surface area contributed by atoms with Gasteiger partial charge in [0.05, 0.1) is 17.9 Å². The molecule has 0 spiro atoms. The molecule has 1 aromatic heterocycles. The van der Waals surface area contributed by atoms with Crippen LogP contribution >= 0.6 is 191 Å². The number of hydrogen-bond acceptors (Lipinski definition) is 7. The van der Waals surface area contributed by atoms with E-state index in [-0.39, 0.29) is 23.3 Å². The Morgan fingerprint density at radius 2 is 0.717 bits per heavy atom. The van der Waals surface area contributed by atoms with Gasteiger partial charge in [-0.05, 0) is 245 Å². The van der Waals surface area contributed by atoms with Crippen molar-refractivity contribution in [1.29, 1.82) is 0 Å². The van der Waals surface area contributed by atoms with Crippen LogP contribution in [-0.2, 0) is 0 Å². The van der Waals surface area contributed by atoms with Gasteiger partial charge in [-0.15, -0.1) is 0 Å². The summed E-state index contributed by atoms with van der Waals surface area (Å²) in [6.07, 6.45) is 0. The molecule has 0 fully saturated rings. The highest BCUT2D eigenvalue weighted by atomic mass is 79.9. The second-order valence-electron chi connectivity index (χ2n) is 8.25. The smallest absolute Gasteiger partial charge is 0.290 e. The Balaban J connectivity index is 0.000000409. The first-order valence-corrected chi connectivity index (χ1v) is 21.2. The molecule has 0 aliphatic heterocycles. The molecule has 0 saturated carbocycles. The monoisotopic (exact) mass is 1390 g/mol. The van der Waals surface area contributed by atoms with Crippen LogP contribution in [0.2, 0.25) is 0 Å². The maximum Gasteiger partial charge on any atom is 0.290 e. The Morgan fingerprint density at radius 1 is 0.391 bits per heavy atom. The number of rotatable bonds is 6. The van der Waals surface area contributed by atoms with Crippen LogP contribution in [0.5, 0.6) is 40.5 Å². The van der Waals surface area contributed by atoms with Crippen molar-refractivity contribution < 1.29 is 19.3 Å². The van der Waals surface area contributed by atoms with E-state index < -0.39 is 0 Å². The fourth-order valence-corrected chi connectivity index (χ4v) is 8.43. The Labute approximate surface area is 363 Å². The predicted octanol–water partition coefficient (Wildman–Crippen LogP) is 15.8. The van der Waals surface area contributed by atoms with Crippen molar-refractivity contribution in [2.24, 2.45) is 0 Å². The van der Waals surface area contributed by atoms with Crippen LogP contribution in [0.4, 0.5) is 0 Å². The minimum Gasteiger partial charge on any atom is -0.507 e. The van der Waals surface area contributed by atoms with Gasteiger partial charge in [-0.25, -0.2) is 0 Å². The number of hydrogen-bond donors (Lipinski definition) is 1. The van der Waals surface area contributed by atoms with Crippen LogP contribution in [0.3, 0.4) is 0 Å². The topological polar surface area (TPSA) is 86.6 Å². The summed E-state index contributed by atoms with van der Waals surface area (Å²) in [5, 5.41) is 21.1. The van der Waals surface area contributed by atoms with E-state index in [0.29, 0.717) is 35.1 Å². The molecule has 5 aromatic rings. The molecule has 0 aliphatic carbocycles. The van der Waals surface area contributed by atoms with Crippen molar-refractivity contribution in [3.05, 3.63) is 102 Å². The summed E-state index contributed by atoms with van der Waals surface area (Å²) in [4.78, 5) is 0. The Kier molecular flexibility index (Phi) is 15.4. The van der Waals surface area contributed by atoms with Gasteiger partial charge in [-0.3, -0.25) is 0 Å². The molecule has 4 aromatic carbocycles. The molecule has 0 unspecified atom stereocenters. The zero-order valence-electron chi connectivity index (χ0n) is 21.7. The van der Waals surface area contributed by atoms with Crippen LogP contribution in [-0.4, -0.2) is 20.5 Å². The van der Waals surface area contributed by atoms with E-state index in [1.807, 2.05) is 18.2 Å². The molecule has 1 N–H and O–H groups in total. The maximum absolute atomic E-state index is 9.13. The number of phenols is 1. The number of aromatic nitrogens is 3. The average molecular weight is 1400 g/mol. The SMILES string of the molecule is Brc1ccc(Oc2nnnc(Oc3ccc(Br)c(Br)c3Br)c2Oc2ccc(Br)c(Br)c2Br)c(Br)c1Br.Oc1ccc(Br)c(Br)c1Br. The lowest BCUT2D eigenvalue weighted by Gasteiger charge is -2.16. The maximum atomic E-state index is 9.13. The molecule has 46 heavy (non-hydrogen) atoms. The van der Waals surface area contributed by atoms with Crippen molar-refractivity contribution >= 4 is 191 Å². The molecule has 0 amide bonds. The van der Waals surface area contributed by atoms with Gasteiger partial charge in [0.1, 0.15) is 23.0 Å². The highest BCUT2D eigenvalue weighted by Crippen LogP contribution is 2.48. The van der Waals surface area contributed by atoms with Crippen molar-refractivity contribution in [2.45, 2.75) is 0 Å². The molecular formula is C27H9Br12N3O4.